The van der Waals surface area contributed by atoms with Crippen molar-refractivity contribution in [3.8, 4) is 0 Å². The van der Waals surface area contributed by atoms with Gasteiger partial charge in [0.15, 0.2) is 11.6 Å². The Morgan fingerprint density at radius 2 is 1.67 bits per heavy atom. The molecule has 0 amide bonds. The molecule has 156 valence electrons. The quantitative estimate of drug-likeness (QED) is 0.589. The van der Waals surface area contributed by atoms with Crippen molar-refractivity contribution in [2.24, 2.45) is 0 Å². The summed E-state index contributed by atoms with van der Waals surface area (Å²) >= 11 is 3.33. The van der Waals surface area contributed by atoms with Crippen LogP contribution in [0.1, 0.15) is 5.56 Å². The van der Waals surface area contributed by atoms with Crippen LogP contribution in [0.2, 0.25) is 0 Å². The largest absolute Gasteiger partial charge is 0.352 e. The number of benzene rings is 1. The van der Waals surface area contributed by atoms with Crippen molar-refractivity contribution in [3.05, 3.63) is 64.8 Å². The average molecular weight is 489 g/mol. The van der Waals surface area contributed by atoms with Gasteiger partial charge in [0, 0.05) is 36.8 Å². The lowest BCUT2D eigenvalue weighted by Gasteiger charge is -2.34. The van der Waals surface area contributed by atoms with Crippen molar-refractivity contribution in [2.45, 2.75) is 11.8 Å². The normalized spacial score (nSPS) is 15.2. The van der Waals surface area contributed by atoms with E-state index in [-0.39, 0.29) is 0 Å². The van der Waals surface area contributed by atoms with Crippen molar-refractivity contribution in [3.63, 3.8) is 0 Å². The average Bonchev–Trinajstić information content (AvgIpc) is 2.75. The van der Waals surface area contributed by atoms with Crippen molar-refractivity contribution in [1.29, 1.82) is 0 Å². The summed E-state index contributed by atoms with van der Waals surface area (Å²) < 4.78 is 28.0. The number of hydrogen-bond donors (Lipinski definition) is 1. The van der Waals surface area contributed by atoms with E-state index in [0.717, 1.165) is 15.9 Å². The smallest absolute Gasteiger partial charge is 0.243 e. The molecular formula is C20H21BrN6O2S. The maximum atomic E-state index is 12.8. The van der Waals surface area contributed by atoms with E-state index in [1.165, 1.54) is 4.31 Å². The molecule has 0 bridgehead atoms. The monoisotopic (exact) mass is 488 g/mol. The summed E-state index contributed by atoms with van der Waals surface area (Å²) in [5.41, 5.74) is 1.10. The fourth-order valence-corrected chi connectivity index (χ4v) is 4.90. The van der Waals surface area contributed by atoms with E-state index >= 15 is 0 Å². The maximum Gasteiger partial charge on any atom is 0.243 e. The van der Waals surface area contributed by atoms with Crippen LogP contribution in [0.4, 0.5) is 17.5 Å². The zero-order valence-electron chi connectivity index (χ0n) is 16.4. The zero-order valence-corrected chi connectivity index (χ0v) is 18.8. The Kier molecular flexibility index (Phi) is 5.98. The minimum absolute atomic E-state index is 0.305. The van der Waals surface area contributed by atoms with E-state index in [1.807, 2.05) is 36.1 Å². The molecule has 10 heteroatoms. The van der Waals surface area contributed by atoms with Crippen LogP contribution >= 0.6 is 15.9 Å². The number of aryl methyl sites for hydroxylation is 1. The predicted molar refractivity (Wildman–Crippen MR) is 119 cm³/mol. The van der Waals surface area contributed by atoms with Crippen LogP contribution in [0.5, 0.6) is 0 Å². The molecule has 0 atom stereocenters. The molecule has 2 aromatic heterocycles. The number of nitrogens with zero attached hydrogens (tertiary/aromatic N) is 5. The van der Waals surface area contributed by atoms with Crippen molar-refractivity contribution in [2.75, 3.05) is 36.4 Å². The highest BCUT2D eigenvalue weighted by Gasteiger charge is 2.29. The molecule has 1 fully saturated rings. The van der Waals surface area contributed by atoms with Gasteiger partial charge < -0.3 is 10.2 Å². The summed E-state index contributed by atoms with van der Waals surface area (Å²) in [4.78, 5) is 6.60. The Hall–Kier alpha value is -2.56. The molecule has 0 spiro atoms. The number of anilines is 3. The van der Waals surface area contributed by atoms with Crippen LogP contribution in [0.15, 0.2) is 64.1 Å². The molecule has 1 N–H and O–H groups in total. The summed E-state index contributed by atoms with van der Waals surface area (Å²) in [7, 11) is -3.50. The fourth-order valence-electron chi connectivity index (χ4n) is 3.21. The van der Waals surface area contributed by atoms with Crippen LogP contribution in [0.25, 0.3) is 0 Å². The second-order valence-electron chi connectivity index (χ2n) is 6.97. The molecule has 1 aliphatic rings. The van der Waals surface area contributed by atoms with Crippen molar-refractivity contribution in [1.82, 2.24) is 19.5 Å². The van der Waals surface area contributed by atoms with Crippen molar-refractivity contribution >= 4 is 43.4 Å². The molecule has 1 aliphatic heterocycles. The Morgan fingerprint density at radius 1 is 0.933 bits per heavy atom. The molecule has 0 saturated carbocycles. The summed E-state index contributed by atoms with van der Waals surface area (Å²) in [6.07, 6.45) is 1.74. The summed E-state index contributed by atoms with van der Waals surface area (Å²) in [6.45, 7) is 3.89. The highest BCUT2D eigenvalue weighted by atomic mass is 79.9. The molecule has 1 aromatic carbocycles. The predicted octanol–water partition coefficient (Wildman–Crippen LogP) is 3.20. The molecule has 8 nitrogen and oxygen atoms in total. The molecule has 30 heavy (non-hydrogen) atoms. The number of rotatable bonds is 5. The summed E-state index contributed by atoms with van der Waals surface area (Å²) in [5, 5.41) is 11.6. The molecule has 3 aromatic rings. The minimum Gasteiger partial charge on any atom is -0.352 e. The second-order valence-corrected chi connectivity index (χ2v) is 9.82. The van der Waals surface area contributed by atoms with E-state index in [0.29, 0.717) is 42.7 Å². The molecule has 1 saturated heterocycles. The Balaban J connectivity index is 1.38. The van der Waals surface area contributed by atoms with Gasteiger partial charge in [-0.05, 0) is 61.0 Å². The van der Waals surface area contributed by atoms with Gasteiger partial charge in [-0.3, -0.25) is 0 Å². The molecular weight excluding hydrogens is 468 g/mol. The van der Waals surface area contributed by atoms with Gasteiger partial charge >= 0.3 is 0 Å². The third-order valence-electron chi connectivity index (χ3n) is 4.84. The summed E-state index contributed by atoms with van der Waals surface area (Å²) in [6, 6.07) is 14.3. The van der Waals surface area contributed by atoms with Crippen LogP contribution < -0.4 is 10.2 Å². The first-order valence-corrected chi connectivity index (χ1v) is 11.7. The number of halogens is 1. The maximum absolute atomic E-state index is 12.8. The van der Waals surface area contributed by atoms with E-state index < -0.39 is 10.0 Å². The van der Waals surface area contributed by atoms with Gasteiger partial charge in [0.05, 0.1) is 4.90 Å². The highest BCUT2D eigenvalue weighted by molar-refractivity contribution is 9.10. The van der Waals surface area contributed by atoms with E-state index in [9.17, 15) is 8.42 Å². The number of nitrogens with one attached hydrogen (secondary N) is 1. The van der Waals surface area contributed by atoms with E-state index in [2.05, 4.69) is 36.4 Å². The Labute approximate surface area is 184 Å². The molecule has 4 rings (SSSR count). The first-order chi connectivity index (χ1) is 14.4. The number of hydrogen-bond acceptors (Lipinski definition) is 7. The first kappa shape index (κ1) is 20.7. The fraction of sp³-hybridized carbons (Fsp3) is 0.250. The lowest BCUT2D eigenvalue weighted by Crippen LogP contribution is -2.48. The van der Waals surface area contributed by atoms with E-state index in [4.69, 9.17) is 0 Å². The number of sulfonamides is 1. The van der Waals surface area contributed by atoms with Crippen LogP contribution in [-0.2, 0) is 10.0 Å². The standard InChI is InChI=1S/C20H21BrN6O2S/c1-15-8-9-22-19(14-15)23-18-6-7-20(25-24-18)26-10-12-27(13-11-26)30(28,29)17-4-2-16(21)3-5-17/h2-9,14H,10-13H2,1H3,(H,22,23,24). The van der Waals surface area contributed by atoms with E-state index in [1.54, 1.807) is 30.5 Å². The third-order valence-corrected chi connectivity index (χ3v) is 7.28. The Morgan fingerprint density at radius 3 is 2.30 bits per heavy atom. The molecule has 3 heterocycles. The van der Waals surface area contributed by atoms with Gasteiger partial charge in [0.2, 0.25) is 10.0 Å². The van der Waals surface area contributed by atoms with Gasteiger partial charge in [-0.2, -0.15) is 4.31 Å². The van der Waals surface area contributed by atoms with Crippen LogP contribution in [0.3, 0.4) is 0 Å². The van der Waals surface area contributed by atoms with Gasteiger partial charge in [0.1, 0.15) is 5.82 Å². The molecule has 0 radical (unpaired) electrons. The lowest BCUT2D eigenvalue weighted by atomic mass is 10.3. The van der Waals surface area contributed by atoms with Crippen molar-refractivity contribution < 1.29 is 8.42 Å². The number of pyridine rings is 1. The molecule has 0 aliphatic carbocycles. The van der Waals surface area contributed by atoms with Gasteiger partial charge in [-0.25, -0.2) is 13.4 Å². The number of piperazine rings is 1. The third kappa shape index (κ3) is 4.61. The Bertz CT molecular complexity index is 1110. The lowest BCUT2D eigenvalue weighted by molar-refractivity contribution is 0.383. The van der Waals surface area contributed by atoms with Crippen LogP contribution in [-0.4, -0.2) is 54.1 Å². The first-order valence-electron chi connectivity index (χ1n) is 9.46. The topological polar surface area (TPSA) is 91.3 Å². The zero-order chi connectivity index (χ0) is 21.1. The highest BCUT2D eigenvalue weighted by Crippen LogP contribution is 2.22. The van der Waals surface area contributed by atoms with Crippen LogP contribution in [0, 0.1) is 6.92 Å². The number of aromatic nitrogens is 3. The van der Waals surface area contributed by atoms with Gasteiger partial charge in [-0.1, -0.05) is 15.9 Å². The molecule has 0 unspecified atom stereocenters. The second kappa shape index (κ2) is 8.66. The minimum atomic E-state index is -3.50. The van der Waals surface area contributed by atoms with Gasteiger partial charge in [0.25, 0.3) is 0 Å². The van der Waals surface area contributed by atoms with Gasteiger partial charge in [-0.15, -0.1) is 10.2 Å². The summed E-state index contributed by atoms with van der Waals surface area (Å²) in [5.74, 6) is 2.04. The SMILES string of the molecule is Cc1ccnc(Nc2ccc(N3CCN(S(=O)(=O)c4ccc(Br)cc4)CC3)nn2)c1.